The standard InChI is InChI=1S/C16H20N2O4S3/c1-13-3-6-15(7-4-13)24(19,20)17-9-11-18(12-10-17)25(21,22)16-8-5-14(2)23-16/h3-8H,9-12H2,1-2H3. The highest BCUT2D eigenvalue weighted by molar-refractivity contribution is 7.91. The Morgan fingerprint density at radius 2 is 1.28 bits per heavy atom. The average Bonchev–Trinajstić information content (AvgIpc) is 3.03. The highest BCUT2D eigenvalue weighted by Crippen LogP contribution is 2.26. The highest BCUT2D eigenvalue weighted by atomic mass is 32.2. The number of benzene rings is 1. The zero-order valence-electron chi connectivity index (χ0n) is 14.0. The van der Waals surface area contributed by atoms with E-state index in [1.54, 1.807) is 36.4 Å². The average molecular weight is 401 g/mol. The molecule has 136 valence electrons. The molecule has 1 aromatic carbocycles. The summed E-state index contributed by atoms with van der Waals surface area (Å²) in [5.74, 6) is 0. The first-order chi connectivity index (χ1) is 11.7. The topological polar surface area (TPSA) is 74.8 Å². The number of rotatable bonds is 4. The molecule has 1 fully saturated rings. The highest BCUT2D eigenvalue weighted by Gasteiger charge is 2.34. The molecular formula is C16H20N2O4S3. The van der Waals surface area contributed by atoms with E-state index in [4.69, 9.17) is 0 Å². The van der Waals surface area contributed by atoms with E-state index in [0.29, 0.717) is 4.21 Å². The Hall–Kier alpha value is -1.26. The molecule has 0 atom stereocenters. The zero-order valence-corrected chi connectivity index (χ0v) is 16.5. The first-order valence-electron chi connectivity index (χ1n) is 7.85. The van der Waals surface area contributed by atoms with Crippen molar-refractivity contribution in [3.05, 3.63) is 46.8 Å². The van der Waals surface area contributed by atoms with Crippen molar-refractivity contribution in [2.24, 2.45) is 0 Å². The lowest BCUT2D eigenvalue weighted by Gasteiger charge is -2.33. The third-order valence-electron chi connectivity index (χ3n) is 4.17. The van der Waals surface area contributed by atoms with Crippen molar-refractivity contribution in [3.63, 3.8) is 0 Å². The van der Waals surface area contributed by atoms with Crippen molar-refractivity contribution in [3.8, 4) is 0 Å². The van der Waals surface area contributed by atoms with E-state index in [9.17, 15) is 16.8 Å². The van der Waals surface area contributed by atoms with Gasteiger partial charge in [-0.25, -0.2) is 16.8 Å². The number of hydrogen-bond donors (Lipinski definition) is 0. The van der Waals surface area contributed by atoms with Crippen LogP contribution in [0, 0.1) is 13.8 Å². The fourth-order valence-corrected chi connectivity index (χ4v) is 6.97. The van der Waals surface area contributed by atoms with Gasteiger partial charge in [-0.15, -0.1) is 11.3 Å². The van der Waals surface area contributed by atoms with Gasteiger partial charge in [-0.3, -0.25) is 0 Å². The molecular weight excluding hydrogens is 380 g/mol. The van der Waals surface area contributed by atoms with Gasteiger partial charge in [-0.2, -0.15) is 8.61 Å². The molecule has 1 aliphatic rings. The van der Waals surface area contributed by atoms with E-state index in [1.165, 1.54) is 19.9 Å². The van der Waals surface area contributed by atoms with Crippen molar-refractivity contribution < 1.29 is 16.8 Å². The van der Waals surface area contributed by atoms with Gasteiger partial charge in [0.2, 0.25) is 10.0 Å². The Bertz CT molecular complexity index is 955. The van der Waals surface area contributed by atoms with Crippen LogP contribution in [-0.2, 0) is 20.0 Å². The lowest BCUT2D eigenvalue weighted by molar-refractivity contribution is 0.273. The molecule has 2 aromatic rings. The number of piperazine rings is 1. The second kappa shape index (κ2) is 6.81. The number of aryl methyl sites for hydroxylation is 2. The van der Waals surface area contributed by atoms with Crippen LogP contribution in [0.2, 0.25) is 0 Å². The number of nitrogens with zero attached hydrogens (tertiary/aromatic N) is 2. The van der Waals surface area contributed by atoms with Crippen LogP contribution in [0.15, 0.2) is 45.5 Å². The van der Waals surface area contributed by atoms with Gasteiger partial charge in [0.25, 0.3) is 10.0 Å². The smallest absolute Gasteiger partial charge is 0.207 e. The zero-order chi connectivity index (χ0) is 18.2. The van der Waals surface area contributed by atoms with Gasteiger partial charge in [0.15, 0.2) is 0 Å². The first kappa shape index (κ1) is 18.5. The van der Waals surface area contributed by atoms with Crippen LogP contribution >= 0.6 is 11.3 Å². The molecule has 0 unspecified atom stereocenters. The van der Waals surface area contributed by atoms with Gasteiger partial charge in [0, 0.05) is 31.1 Å². The third-order valence-corrected chi connectivity index (χ3v) is 9.45. The summed E-state index contributed by atoms with van der Waals surface area (Å²) in [6.07, 6.45) is 0. The maximum Gasteiger partial charge on any atom is 0.252 e. The van der Waals surface area contributed by atoms with E-state index in [-0.39, 0.29) is 31.1 Å². The van der Waals surface area contributed by atoms with Gasteiger partial charge in [0.05, 0.1) is 4.90 Å². The van der Waals surface area contributed by atoms with E-state index >= 15 is 0 Å². The van der Waals surface area contributed by atoms with Crippen LogP contribution in [0.4, 0.5) is 0 Å². The van der Waals surface area contributed by atoms with Crippen LogP contribution in [0.5, 0.6) is 0 Å². The molecule has 0 spiro atoms. The normalized spacial score (nSPS) is 17.7. The number of hydrogen-bond acceptors (Lipinski definition) is 5. The summed E-state index contributed by atoms with van der Waals surface area (Å²) in [6.45, 7) is 4.37. The number of sulfonamides is 2. The molecule has 0 amide bonds. The lowest BCUT2D eigenvalue weighted by atomic mass is 10.2. The molecule has 0 bridgehead atoms. The van der Waals surface area contributed by atoms with Crippen molar-refractivity contribution in [1.82, 2.24) is 8.61 Å². The summed E-state index contributed by atoms with van der Waals surface area (Å²) in [7, 11) is -7.14. The summed E-state index contributed by atoms with van der Waals surface area (Å²) in [6, 6.07) is 10.1. The molecule has 6 nitrogen and oxygen atoms in total. The Morgan fingerprint density at radius 3 is 1.76 bits per heavy atom. The predicted molar refractivity (Wildman–Crippen MR) is 97.8 cm³/mol. The summed E-state index contributed by atoms with van der Waals surface area (Å²) in [5.41, 5.74) is 0.987. The van der Waals surface area contributed by atoms with E-state index in [0.717, 1.165) is 10.4 Å². The van der Waals surface area contributed by atoms with Crippen molar-refractivity contribution >= 4 is 31.4 Å². The van der Waals surface area contributed by atoms with E-state index in [2.05, 4.69) is 0 Å². The maximum atomic E-state index is 12.7. The molecule has 0 N–H and O–H groups in total. The molecule has 0 radical (unpaired) electrons. The minimum Gasteiger partial charge on any atom is -0.207 e. The van der Waals surface area contributed by atoms with Crippen molar-refractivity contribution in [1.29, 1.82) is 0 Å². The monoisotopic (exact) mass is 400 g/mol. The van der Waals surface area contributed by atoms with Gasteiger partial charge in [0.1, 0.15) is 4.21 Å². The second-order valence-corrected chi connectivity index (χ2v) is 11.4. The molecule has 3 rings (SSSR count). The Morgan fingerprint density at radius 1 is 0.760 bits per heavy atom. The van der Waals surface area contributed by atoms with Gasteiger partial charge in [-0.05, 0) is 38.1 Å². The summed E-state index contributed by atoms with van der Waals surface area (Å²) < 4.78 is 53.7. The fraction of sp³-hybridized carbons (Fsp3) is 0.375. The Labute approximate surface area is 152 Å². The molecule has 1 aliphatic heterocycles. The summed E-state index contributed by atoms with van der Waals surface area (Å²) in [4.78, 5) is 1.17. The van der Waals surface area contributed by atoms with Crippen LogP contribution in [0.25, 0.3) is 0 Å². The van der Waals surface area contributed by atoms with Crippen molar-refractivity contribution in [2.75, 3.05) is 26.2 Å². The molecule has 0 saturated carbocycles. The van der Waals surface area contributed by atoms with Crippen LogP contribution in [0.3, 0.4) is 0 Å². The van der Waals surface area contributed by atoms with Crippen LogP contribution in [-0.4, -0.2) is 51.6 Å². The van der Waals surface area contributed by atoms with Gasteiger partial charge < -0.3 is 0 Å². The first-order valence-corrected chi connectivity index (χ1v) is 11.5. The minimum atomic E-state index is -3.59. The van der Waals surface area contributed by atoms with Gasteiger partial charge in [-0.1, -0.05) is 17.7 Å². The molecule has 1 saturated heterocycles. The summed E-state index contributed by atoms with van der Waals surface area (Å²) in [5, 5.41) is 0. The number of thiophene rings is 1. The molecule has 2 heterocycles. The van der Waals surface area contributed by atoms with Crippen LogP contribution in [0.1, 0.15) is 10.4 Å². The van der Waals surface area contributed by atoms with Crippen LogP contribution < -0.4 is 0 Å². The third kappa shape index (κ3) is 3.65. The van der Waals surface area contributed by atoms with E-state index in [1.807, 2.05) is 13.8 Å². The molecule has 0 aliphatic carbocycles. The quantitative estimate of drug-likeness (QED) is 0.787. The second-order valence-electron chi connectivity index (χ2n) is 5.99. The van der Waals surface area contributed by atoms with Gasteiger partial charge >= 0.3 is 0 Å². The molecule has 1 aromatic heterocycles. The SMILES string of the molecule is Cc1ccc(S(=O)(=O)N2CCN(S(=O)(=O)c3ccc(C)s3)CC2)cc1. The molecule has 9 heteroatoms. The lowest BCUT2D eigenvalue weighted by Crippen LogP contribution is -2.50. The predicted octanol–water partition coefficient (Wildman–Crippen LogP) is 2.06. The Kier molecular flexibility index (Phi) is 5.04. The largest absolute Gasteiger partial charge is 0.252 e. The maximum absolute atomic E-state index is 12.7. The Balaban J connectivity index is 1.74. The minimum absolute atomic E-state index is 0.153. The van der Waals surface area contributed by atoms with E-state index < -0.39 is 20.0 Å². The fourth-order valence-electron chi connectivity index (χ4n) is 2.69. The summed E-state index contributed by atoms with van der Waals surface area (Å²) >= 11 is 1.23. The van der Waals surface area contributed by atoms with Crippen molar-refractivity contribution in [2.45, 2.75) is 23.0 Å². The molecule has 25 heavy (non-hydrogen) atoms.